The molecule has 1 N–H and O–H groups in total. The Balaban J connectivity index is 2.10. The molecule has 0 aliphatic heterocycles. The SMILES string of the molecule is COC(=O)C[C@@H]1c2cccc3[nH]cc(c23)C[C@H]1N(C)C=O. The van der Waals surface area contributed by atoms with Gasteiger partial charge in [-0.3, -0.25) is 9.59 Å². The third-order valence-corrected chi connectivity index (χ3v) is 4.42. The average molecular weight is 286 g/mol. The molecule has 0 spiro atoms. The van der Waals surface area contributed by atoms with Crippen LogP contribution in [0.25, 0.3) is 10.9 Å². The Labute approximate surface area is 122 Å². The molecule has 0 bridgehead atoms. The van der Waals surface area contributed by atoms with Crippen molar-refractivity contribution in [3.8, 4) is 0 Å². The van der Waals surface area contributed by atoms with Gasteiger partial charge in [-0.2, -0.15) is 0 Å². The topological polar surface area (TPSA) is 62.4 Å². The number of nitrogens with one attached hydrogen (secondary N) is 1. The van der Waals surface area contributed by atoms with Gasteiger partial charge in [-0.15, -0.1) is 0 Å². The van der Waals surface area contributed by atoms with Gasteiger partial charge in [-0.05, 0) is 23.6 Å². The van der Waals surface area contributed by atoms with Crippen molar-refractivity contribution in [1.82, 2.24) is 9.88 Å². The standard InChI is InChI=1S/C16H18N2O3/c1-18(9-19)14-6-10-8-17-13-5-3-4-11(16(10)13)12(14)7-15(20)21-2/h3-5,8-9,12,14,17H,6-7H2,1-2H3/t12-,14-/m1/s1. The maximum atomic E-state index is 11.8. The lowest BCUT2D eigenvalue weighted by Crippen LogP contribution is -2.40. The van der Waals surface area contributed by atoms with Crippen LogP contribution in [0.5, 0.6) is 0 Å². The van der Waals surface area contributed by atoms with Crippen LogP contribution in [0.2, 0.25) is 0 Å². The van der Waals surface area contributed by atoms with E-state index in [9.17, 15) is 9.59 Å². The van der Waals surface area contributed by atoms with Gasteiger partial charge in [-0.25, -0.2) is 0 Å². The van der Waals surface area contributed by atoms with Gasteiger partial charge >= 0.3 is 5.97 Å². The molecular formula is C16H18N2O3. The van der Waals surface area contributed by atoms with E-state index in [-0.39, 0.29) is 24.3 Å². The van der Waals surface area contributed by atoms with Gasteiger partial charge in [-0.1, -0.05) is 12.1 Å². The summed E-state index contributed by atoms with van der Waals surface area (Å²) in [6, 6.07) is 6.01. The Morgan fingerprint density at radius 3 is 3.05 bits per heavy atom. The Bertz CT molecular complexity index is 692. The molecule has 21 heavy (non-hydrogen) atoms. The van der Waals surface area contributed by atoms with Crippen molar-refractivity contribution in [2.75, 3.05) is 14.2 Å². The molecule has 1 amide bonds. The van der Waals surface area contributed by atoms with E-state index in [0.29, 0.717) is 0 Å². The van der Waals surface area contributed by atoms with Crippen LogP contribution in [-0.4, -0.2) is 42.5 Å². The van der Waals surface area contributed by atoms with E-state index in [1.54, 1.807) is 11.9 Å². The van der Waals surface area contributed by atoms with Crippen molar-refractivity contribution in [2.45, 2.75) is 24.8 Å². The zero-order chi connectivity index (χ0) is 15.0. The zero-order valence-electron chi connectivity index (χ0n) is 12.1. The van der Waals surface area contributed by atoms with Gasteiger partial charge in [0.15, 0.2) is 0 Å². The van der Waals surface area contributed by atoms with Gasteiger partial charge in [0, 0.05) is 36.1 Å². The molecule has 0 saturated carbocycles. The summed E-state index contributed by atoms with van der Waals surface area (Å²) in [6.45, 7) is 0. The van der Waals surface area contributed by atoms with Gasteiger partial charge in [0.25, 0.3) is 0 Å². The number of carbonyl (C=O) groups excluding carboxylic acids is 2. The molecular weight excluding hydrogens is 268 g/mol. The van der Waals surface area contributed by atoms with Crippen LogP contribution in [-0.2, 0) is 20.7 Å². The van der Waals surface area contributed by atoms with Crippen molar-refractivity contribution < 1.29 is 14.3 Å². The fraction of sp³-hybridized carbons (Fsp3) is 0.375. The molecule has 2 aromatic rings. The van der Waals surface area contributed by atoms with Gasteiger partial charge in [0.2, 0.25) is 6.41 Å². The summed E-state index contributed by atoms with van der Waals surface area (Å²) in [5, 5.41) is 1.18. The van der Waals surface area contributed by atoms with Crippen LogP contribution < -0.4 is 0 Å². The monoisotopic (exact) mass is 286 g/mol. The first-order chi connectivity index (χ1) is 10.2. The van der Waals surface area contributed by atoms with Crippen LogP contribution in [0.3, 0.4) is 0 Å². The number of amides is 1. The van der Waals surface area contributed by atoms with Crippen molar-refractivity contribution in [3.05, 3.63) is 35.5 Å². The largest absolute Gasteiger partial charge is 0.469 e. The summed E-state index contributed by atoms with van der Waals surface area (Å²) < 4.78 is 4.83. The molecule has 5 heteroatoms. The number of ether oxygens (including phenoxy) is 1. The molecule has 1 heterocycles. The first-order valence-electron chi connectivity index (χ1n) is 6.98. The molecule has 0 unspecified atom stereocenters. The average Bonchev–Trinajstić information content (AvgIpc) is 2.93. The second kappa shape index (κ2) is 5.24. The lowest BCUT2D eigenvalue weighted by atomic mass is 9.78. The van der Waals surface area contributed by atoms with Crippen LogP contribution in [0.15, 0.2) is 24.4 Å². The lowest BCUT2D eigenvalue weighted by Gasteiger charge is -2.36. The molecule has 3 rings (SSSR count). The van der Waals surface area contributed by atoms with E-state index in [1.165, 1.54) is 18.1 Å². The minimum atomic E-state index is -0.250. The highest BCUT2D eigenvalue weighted by atomic mass is 16.5. The molecule has 1 aromatic heterocycles. The van der Waals surface area contributed by atoms with E-state index >= 15 is 0 Å². The molecule has 5 nitrogen and oxygen atoms in total. The first kappa shape index (κ1) is 13.7. The van der Waals surface area contributed by atoms with Crippen molar-refractivity contribution in [2.24, 2.45) is 0 Å². The predicted molar refractivity (Wildman–Crippen MR) is 79.0 cm³/mol. The van der Waals surface area contributed by atoms with Crippen LogP contribution >= 0.6 is 0 Å². The number of rotatable bonds is 4. The number of aromatic nitrogens is 1. The molecule has 1 aliphatic carbocycles. The maximum absolute atomic E-state index is 11.8. The molecule has 2 atom stereocenters. The number of carbonyl (C=O) groups is 2. The van der Waals surface area contributed by atoms with Gasteiger partial charge in [0.1, 0.15) is 0 Å². The smallest absolute Gasteiger partial charge is 0.306 e. The van der Waals surface area contributed by atoms with E-state index < -0.39 is 0 Å². The number of H-pyrrole nitrogens is 1. The summed E-state index contributed by atoms with van der Waals surface area (Å²) in [7, 11) is 3.16. The van der Waals surface area contributed by atoms with Gasteiger partial charge < -0.3 is 14.6 Å². The number of esters is 1. The second-order valence-electron chi connectivity index (χ2n) is 5.51. The number of likely N-dealkylation sites (N-methyl/N-ethyl adjacent to an activating group) is 1. The molecule has 110 valence electrons. The Morgan fingerprint density at radius 1 is 1.52 bits per heavy atom. The van der Waals surface area contributed by atoms with E-state index in [1.807, 2.05) is 24.4 Å². The Morgan fingerprint density at radius 2 is 2.33 bits per heavy atom. The quantitative estimate of drug-likeness (QED) is 0.689. The molecule has 1 aromatic carbocycles. The van der Waals surface area contributed by atoms with Crippen LogP contribution in [0, 0.1) is 0 Å². The van der Waals surface area contributed by atoms with Crippen molar-refractivity contribution in [1.29, 1.82) is 0 Å². The third-order valence-electron chi connectivity index (χ3n) is 4.42. The third kappa shape index (κ3) is 2.18. The highest BCUT2D eigenvalue weighted by molar-refractivity contribution is 5.89. The highest BCUT2D eigenvalue weighted by Gasteiger charge is 2.35. The van der Waals surface area contributed by atoms with Gasteiger partial charge in [0.05, 0.1) is 13.5 Å². The normalized spacial score (nSPS) is 20.3. The summed E-state index contributed by atoms with van der Waals surface area (Å²) in [6.07, 6.45) is 3.85. The minimum Gasteiger partial charge on any atom is -0.469 e. The lowest BCUT2D eigenvalue weighted by molar-refractivity contribution is -0.141. The van der Waals surface area contributed by atoms with Crippen molar-refractivity contribution in [3.63, 3.8) is 0 Å². The fourth-order valence-corrected chi connectivity index (χ4v) is 3.35. The Hall–Kier alpha value is -2.30. The number of hydrogen-bond acceptors (Lipinski definition) is 3. The van der Waals surface area contributed by atoms with E-state index in [0.717, 1.165) is 23.9 Å². The summed E-state index contributed by atoms with van der Waals surface area (Å²) in [5.74, 6) is -0.292. The Kier molecular flexibility index (Phi) is 3.41. The highest BCUT2D eigenvalue weighted by Crippen LogP contribution is 2.40. The van der Waals surface area contributed by atoms with Crippen LogP contribution in [0.4, 0.5) is 0 Å². The summed E-state index contributed by atoms with van der Waals surface area (Å²) in [4.78, 5) is 27.9. The number of aromatic amines is 1. The fourth-order valence-electron chi connectivity index (χ4n) is 3.35. The van der Waals surface area contributed by atoms with E-state index in [2.05, 4.69) is 4.98 Å². The molecule has 1 aliphatic rings. The number of hydrogen-bond donors (Lipinski definition) is 1. The molecule has 0 fully saturated rings. The number of nitrogens with zero attached hydrogens (tertiary/aromatic N) is 1. The summed E-state index contributed by atoms with van der Waals surface area (Å²) >= 11 is 0. The first-order valence-corrected chi connectivity index (χ1v) is 6.98. The number of methoxy groups -OCH3 is 1. The summed E-state index contributed by atoms with van der Waals surface area (Å²) in [5.41, 5.74) is 3.38. The minimum absolute atomic E-state index is 0.0319. The number of benzene rings is 1. The predicted octanol–water partition coefficient (Wildman–Crippen LogP) is 1.83. The van der Waals surface area contributed by atoms with Crippen LogP contribution in [0.1, 0.15) is 23.5 Å². The van der Waals surface area contributed by atoms with Crippen molar-refractivity contribution >= 4 is 23.3 Å². The molecule has 0 saturated heterocycles. The zero-order valence-corrected chi connectivity index (χ0v) is 12.1. The maximum Gasteiger partial charge on any atom is 0.306 e. The second-order valence-corrected chi connectivity index (χ2v) is 5.51. The van der Waals surface area contributed by atoms with E-state index in [4.69, 9.17) is 4.74 Å². The molecule has 0 radical (unpaired) electrons.